The molecule has 1 unspecified atom stereocenters. The van der Waals surface area contributed by atoms with Crippen LogP contribution >= 0.6 is 0 Å². The van der Waals surface area contributed by atoms with Crippen LogP contribution in [-0.4, -0.2) is 19.5 Å². The molecule has 4 heteroatoms. The second kappa shape index (κ2) is 4.45. The summed E-state index contributed by atoms with van der Waals surface area (Å²) in [5.41, 5.74) is 2.04. The van der Waals surface area contributed by atoms with E-state index in [0.717, 1.165) is 17.5 Å². The van der Waals surface area contributed by atoms with E-state index in [1.807, 2.05) is 19.9 Å². The number of aryl methyl sites for hydroxylation is 1. The second-order valence-corrected chi connectivity index (χ2v) is 4.40. The van der Waals surface area contributed by atoms with Gasteiger partial charge in [-0.3, -0.25) is 4.79 Å². The largest absolute Gasteiger partial charge is 0.308 e. The molecule has 1 N–H and O–H groups in total. The lowest BCUT2D eigenvalue weighted by molar-refractivity contribution is -0.119. The summed E-state index contributed by atoms with van der Waals surface area (Å²) in [6.45, 7) is 4.37. The summed E-state index contributed by atoms with van der Waals surface area (Å²) in [6.07, 6.45) is 0.814. The average Bonchev–Trinajstić information content (AvgIpc) is 2.52. The van der Waals surface area contributed by atoms with Crippen LogP contribution in [0.5, 0.6) is 0 Å². The highest BCUT2D eigenvalue weighted by Gasteiger charge is 2.38. The fourth-order valence-corrected chi connectivity index (χ4v) is 2.39. The van der Waals surface area contributed by atoms with E-state index in [4.69, 9.17) is 0 Å². The van der Waals surface area contributed by atoms with Gasteiger partial charge in [0.1, 0.15) is 11.9 Å². The number of fused-ring (bicyclic) bond motifs is 1. The Kier molecular flexibility index (Phi) is 3.15. The fourth-order valence-electron chi connectivity index (χ4n) is 2.39. The van der Waals surface area contributed by atoms with Crippen LogP contribution in [0.15, 0.2) is 12.1 Å². The number of amides is 1. The van der Waals surface area contributed by atoms with Crippen LogP contribution in [0.3, 0.4) is 0 Å². The maximum atomic E-state index is 14.0. The molecule has 0 aliphatic carbocycles. The number of hydrogen-bond acceptors (Lipinski definition) is 2. The van der Waals surface area contributed by atoms with Gasteiger partial charge in [0.05, 0.1) is 5.69 Å². The highest BCUT2D eigenvalue weighted by Crippen LogP contribution is 2.38. The summed E-state index contributed by atoms with van der Waals surface area (Å²) in [6, 6.07) is 2.95. The van der Waals surface area contributed by atoms with E-state index < -0.39 is 6.04 Å². The van der Waals surface area contributed by atoms with E-state index in [9.17, 15) is 9.18 Å². The van der Waals surface area contributed by atoms with Crippen molar-refractivity contribution in [3.8, 4) is 0 Å². The number of nitrogens with one attached hydrogen (secondary N) is 1. The Morgan fingerprint density at radius 1 is 1.47 bits per heavy atom. The molecule has 92 valence electrons. The molecule has 1 aliphatic heterocycles. The molecule has 1 aromatic carbocycles. The van der Waals surface area contributed by atoms with Crippen LogP contribution in [-0.2, 0) is 4.79 Å². The Bertz CT molecular complexity index is 459. The molecule has 1 atom stereocenters. The monoisotopic (exact) mass is 236 g/mol. The fraction of sp³-hybridized carbons (Fsp3) is 0.462. The Labute approximate surface area is 101 Å². The van der Waals surface area contributed by atoms with E-state index in [2.05, 4.69) is 5.32 Å². The molecular weight excluding hydrogens is 219 g/mol. The first-order chi connectivity index (χ1) is 8.10. The van der Waals surface area contributed by atoms with Crippen LogP contribution < -0.4 is 10.2 Å². The average molecular weight is 236 g/mol. The molecular formula is C13H17FN2O. The van der Waals surface area contributed by atoms with Gasteiger partial charge in [-0.25, -0.2) is 4.39 Å². The van der Waals surface area contributed by atoms with E-state index in [-0.39, 0.29) is 11.7 Å². The van der Waals surface area contributed by atoms with Gasteiger partial charge in [-0.1, -0.05) is 13.0 Å². The summed E-state index contributed by atoms with van der Waals surface area (Å²) in [5, 5.41) is 2.95. The number of halogens is 1. The Morgan fingerprint density at radius 2 is 2.18 bits per heavy atom. The standard InChI is InChI=1S/C13H17FN2O/c1-4-5-16-12-9(11(15-3)13(16)17)6-8(2)7-10(12)14/h6-7,11,15H,4-5H2,1-3H3. The number of carbonyl (C=O) groups excluding carboxylic acids is 1. The van der Waals surface area contributed by atoms with Gasteiger partial charge in [-0.15, -0.1) is 0 Å². The molecule has 1 aliphatic rings. The van der Waals surface area contributed by atoms with Crippen LogP contribution in [0.1, 0.15) is 30.5 Å². The first kappa shape index (κ1) is 12.0. The topological polar surface area (TPSA) is 32.3 Å². The summed E-state index contributed by atoms with van der Waals surface area (Å²) in [7, 11) is 1.72. The van der Waals surface area contributed by atoms with Gasteiger partial charge in [0.15, 0.2) is 0 Å². The smallest absolute Gasteiger partial charge is 0.248 e. The van der Waals surface area contributed by atoms with Crippen molar-refractivity contribution in [2.45, 2.75) is 26.3 Å². The number of likely N-dealkylation sites (N-methyl/N-ethyl adjacent to an activating group) is 1. The molecule has 0 bridgehead atoms. The first-order valence-corrected chi connectivity index (χ1v) is 5.88. The normalized spacial score (nSPS) is 18.7. The van der Waals surface area contributed by atoms with Gasteiger partial charge in [0.2, 0.25) is 5.91 Å². The summed E-state index contributed by atoms with van der Waals surface area (Å²) in [5.74, 6) is -0.367. The number of rotatable bonds is 3. The van der Waals surface area contributed by atoms with Gasteiger partial charge in [0, 0.05) is 12.1 Å². The molecule has 2 rings (SSSR count). The number of benzene rings is 1. The SMILES string of the molecule is CCCN1C(=O)C(NC)c2cc(C)cc(F)c21. The van der Waals surface area contributed by atoms with E-state index >= 15 is 0 Å². The van der Waals surface area contributed by atoms with Crippen molar-refractivity contribution in [2.75, 3.05) is 18.5 Å². The second-order valence-electron chi connectivity index (χ2n) is 4.40. The maximum absolute atomic E-state index is 14.0. The van der Waals surface area contributed by atoms with Crippen molar-refractivity contribution in [3.63, 3.8) is 0 Å². The van der Waals surface area contributed by atoms with Crippen molar-refractivity contribution in [3.05, 3.63) is 29.1 Å². The summed E-state index contributed by atoms with van der Waals surface area (Å²) in [4.78, 5) is 13.7. The van der Waals surface area contributed by atoms with Gasteiger partial charge >= 0.3 is 0 Å². The molecule has 3 nitrogen and oxygen atoms in total. The highest BCUT2D eigenvalue weighted by molar-refractivity contribution is 6.04. The summed E-state index contributed by atoms with van der Waals surface area (Å²) >= 11 is 0. The number of carbonyl (C=O) groups is 1. The Morgan fingerprint density at radius 3 is 2.76 bits per heavy atom. The minimum atomic E-state index is -0.411. The predicted octanol–water partition coefficient (Wildman–Crippen LogP) is 2.15. The third kappa shape index (κ3) is 1.82. The quantitative estimate of drug-likeness (QED) is 0.872. The zero-order valence-electron chi connectivity index (χ0n) is 10.4. The lowest BCUT2D eigenvalue weighted by Crippen LogP contribution is -2.33. The number of nitrogens with zero attached hydrogens (tertiary/aromatic N) is 1. The van der Waals surface area contributed by atoms with Crippen molar-refractivity contribution in [1.29, 1.82) is 0 Å². The third-order valence-electron chi connectivity index (χ3n) is 3.07. The molecule has 0 fully saturated rings. The molecule has 0 radical (unpaired) electrons. The minimum Gasteiger partial charge on any atom is -0.308 e. The van der Waals surface area contributed by atoms with Crippen molar-refractivity contribution < 1.29 is 9.18 Å². The van der Waals surface area contributed by atoms with E-state index in [1.54, 1.807) is 11.9 Å². The van der Waals surface area contributed by atoms with Gasteiger partial charge < -0.3 is 10.2 Å². The van der Waals surface area contributed by atoms with Crippen molar-refractivity contribution >= 4 is 11.6 Å². The molecule has 0 spiro atoms. The highest BCUT2D eigenvalue weighted by atomic mass is 19.1. The van der Waals surface area contributed by atoms with E-state index in [0.29, 0.717) is 12.2 Å². The molecule has 0 saturated heterocycles. The Balaban J connectivity index is 2.56. The molecule has 17 heavy (non-hydrogen) atoms. The minimum absolute atomic E-state index is 0.0612. The van der Waals surface area contributed by atoms with Crippen molar-refractivity contribution in [1.82, 2.24) is 5.32 Å². The van der Waals surface area contributed by atoms with Gasteiger partial charge in [0.25, 0.3) is 0 Å². The molecule has 1 aromatic rings. The van der Waals surface area contributed by atoms with Crippen LogP contribution in [0.2, 0.25) is 0 Å². The molecule has 0 aromatic heterocycles. The van der Waals surface area contributed by atoms with Crippen LogP contribution in [0, 0.1) is 12.7 Å². The lowest BCUT2D eigenvalue weighted by Gasteiger charge is -2.17. The zero-order valence-corrected chi connectivity index (χ0v) is 10.4. The Hall–Kier alpha value is -1.42. The van der Waals surface area contributed by atoms with E-state index in [1.165, 1.54) is 6.07 Å². The predicted molar refractivity (Wildman–Crippen MR) is 65.6 cm³/mol. The maximum Gasteiger partial charge on any atom is 0.248 e. The van der Waals surface area contributed by atoms with Crippen LogP contribution in [0.25, 0.3) is 0 Å². The van der Waals surface area contributed by atoms with Crippen molar-refractivity contribution in [2.24, 2.45) is 0 Å². The zero-order chi connectivity index (χ0) is 12.6. The van der Waals surface area contributed by atoms with Gasteiger partial charge in [-0.05, 0) is 32.0 Å². The molecule has 1 heterocycles. The summed E-state index contributed by atoms with van der Waals surface area (Å²) < 4.78 is 14.0. The number of anilines is 1. The van der Waals surface area contributed by atoms with Crippen LogP contribution in [0.4, 0.5) is 10.1 Å². The third-order valence-corrected chi connectivity index (χ3v) is 3.07. The number of hydrogen-bond donors (Lipinski definition) is 1. The molecule has 0 saturated carbocycles. The first-order valence-electron chi connectivity index (χ1n) is 5.88. The van der Waals surface area contributed by atoms with Gasteiger partial charge in [-0.2, -0.15) is 0 Å². The lowest BCUT2D eigenvalue weighted by atomic mass is 10.1. The molecule has 1 amide bonds.